The number of carbonyl (C=O) groups excluding carboxylic acids is 2. The molecule has 0 bridgehead atoms. The van der Waals surface area contributed by atoms with Gasteiger partial charge in [0.15, 0.2) is 6.29 Å². The average Bonchev–Trinajstić information content (AvgIpc) is 2.51. The fourth-order valence-electron chi connectivity index (χ4n) is 1.35. The third kappa shape index (κ3) is 3.81. The number of nitrogens with one attached hydrogen (secondary N) is 1. The summed E-state index contributed by atoms with van der Waals surface area (Å²) in [5, 5.41) is 3.34. The molecule has 0 aliphatic carbocycles. The minimum Gasteiger partial charge on any atom is -0.444 e. The largest absolute Gasteiger partial charge is 0.444 e. The lowest BCUT2D eigenvalue weighted by Crippen LogP contribution is -2.27. The van der Waals surface area contributed by atoms with Gasteiger partial charge in [0.25, 0.3) is 0 Å². The van der Waals surface area contributed by atoms with Crippen LogP contribution in [0.2, 0.25) is 0 Å². The van der Waals surface area contributed by atoms with Crippen molar-refractivity contribution in [2.75, 3.05) is 5.32 Å². The Kier molecular flexibility index (Phi) is 4.92. The van der Waals surface area contributed by atoms with E-state index in [0.717, 1.165) is 22.7 Å². The van der Waals surface area contributed by atoms with Gasteiger partial charge in [-0.3, -0.25) is 10.1 Å². The molecule has 100 valence electrons. The minimum atomic E-state index is -0.543. The van der Waals surface area contributed by atoms with E-state index in [4.69, 9.17) is 4.74 Å². The summed E-state index contributed by atoms with van der Waals surface area (Å²) >= 11 is 4.60. The van der Waals surface area contributed by atoms with Crippen LogP contribution in [0.25, 0.3) is 0 Å². The second-order valence-electron chi connectivity index (χ2n) is 4.69. The fourth-order valence-corrected chi connectivity index (χ4v) is 3.28. The molecule has 0 atom stereocenters. The maximum absolute atomic E-state index is 11.7. The van der Waals surface area contributed by atoms with Crippen molar-refractivity contribution < 1.29 is 14.3 Å². The molecular formula is C12H16BrNO3S. The SMILES string of the molecule is CCc1c(NC(=O)OC(C)(C)C)sc(C=O)c1Br. The number of thiophene rings is 1. The van der Waals surface area contributed by atoms with Gasteiger partial charge in [-0.25, -0.2) is 4.79 Å². The molecule has 0 fully saturated rings. The van der Waals surface area contributed by atoms with Gasteiger partial charge < -0.3 is 4.74 Å². The molecule has 1 aromatic heterocycles. The molecular weight excluding hydrogens is 318 g/mol. The van der Waals surface area contributed by atoms with Crippen LogP contribution in [0.3, 0.4) is 0 Å². The first-order valence-electron chi connectivity index (χ1n) is 5.54. The average molecular weight is 334 g/mol. The number of ether oxygens (including phenoxy) is 1. The highest BCUT2D eigenvalue weighted by atomic mass is 79.9. The summed E-state index contributed by atoms with van der Waals surface area (Å²) < 4.78 is 5.92. The van der Waals surface area contributed by atoms with E-state index in [0.29, 0.717) is 9.88 Å². The molecule has 0 saturated heterocycles. The minimum absolute atomic E-state index is 0.511. The van der Waals surface area contributed by atoms with Gasteiger partial charge in [0, 0.05) is 10.0 Å². The number of aldehydes is 1. The topological polar surface area (TPSA) is 55.4 Å². The Hall–Kier alpha value is -0.880. The van der Waals surface area contributed by atoms with Gasteiger partial charge in [-0.05, 0) is 43.1 Å². The summed E-state index contributed by atoms with van der Waals surface area (Å²) in [5.74, 6) is 0. The van der Waals surface area contributed by atoms with E-state index in [-0.39, 0.29) is 0 Å². The van der Waals surface area contributed by atoms with Crippen LogP contribution < -0.4 is 5.32 Å². The van der Waals surface area contributed by atoms with Crippen LogP contribution in [0.15, 0.2) is 4.47 Å². The molecule has 1 amide bonds. The van der Waals surface area contributed by atoms with Gasteiger partial charge in [-0.15, -0.1) is 11.3 Å². The van der Waals surface area contributed by atoms with Gasteiger partial charge in [0.1, 0.15) is 10.6 Å². The smallest absolute Gasteiger partial charge is 0.412 e. The van der Waals surface area contributed by atoms with Crippen molar-refractivity contribution in [3.8, 4) is 0 Å². The molecule has 18 heavy (non-hydrogen) atoms. The van der Waals surface area contributed by atoms with E-state index >= 15 is 0 Å². The molecule has 0 saturated carbocycles. The molecule has 1 aromatic rings. The zero-order valence-electron chi connectivity index (χ0n) is 10.8. The number of halogens is 1. The standard InChI is InChI=1S/C12H16BrNO3S/c1-5-7-9(13)8(6-15)18-10(7)14-11(16)17-12(2,3)4/h6H,5H2,1-4H3,(H,14,16). The summed E-state index contributed by atoms with van der Waals surface area (Å²) in [6.45, 7) is 7.36. The van der Waals surface area contributed by atoms with E-state index in [9.17, 15) is 9.59 Å². The lowest BCUT2D eigenvalue weighted by molar-refractivity contribution is 0.0636. The van der Waals surface area contributed by atoms with Crippen LogP contribution in [0, 0.1) is 0 Å². The maximum Gasteiger partial charge on any atom is 0.412 e. The maximum atomic E-state index is 11.7. The van der Waals surface area contributed by atoms with Crippen LogP contribution in [0.4, 0.5) is 9.80 Å². The quantitative estimate of drug-likeness (QED) is 0.842. The zero-order valence-corrected chi connectivity index (χ0v) is 13.2. The second kappa shape index (κ2) is 5.84. The highest BCUT2D eigenvalue weighted by molar-refractivity contribution is 9.10. The van der Waals surface area contributed by atoms with Crippen LogP contribution in [-0.4, -0.2) is 18.0 Å². The fraction of sp³-hybridized carbons (Fsp3) is 0.500. The van der Waals surface area contributed by atoms with E-state index in [2.05, 4.69) is 21.2 Å². The van der Waals surface area contributed by atoms with Crippen LogP contribution in [-0.2, 0) is 11.2 Å². The summed E-state index contributed by atoms with van der Waals surface area (Å²) in [5.41, 5.74) is 0.367. The molecule has 1 N–H and O–H groups in total. The number of hydrogen-bond donors (Lipinski definition) is 1. The van der Waals surface area contributed by atoms with Crippen LogP contribution >= 0.6 is 27.3 Å². The van der Waals surface area contributed by atoms with Crippen molar-refractivity contribution in [2.45, 2.75) is 39.7 Å². The summed E-state index contributed by atoms with van der Waals surface area (Å²) in [6, 6.07) is 0. The van der Waals surface area contributed by atoms with Crippen molar-refractivity contribution in [3.05, 3.63) is 14.9 Å². The van der Waals surface area contributed by atoms with Gasteiger partial charge in [0.05, 0.1) is 4.88 Å². The number of amides is 1. The van der Waals surface area contributed by atoms with Gasteiger partial charge in [-0.1, -0.05) is 6.92 Å². The van der Waals surface area contributed by atoms with Gasteiger partial charge in [0.2, 0.25) is 0 Å². The molecule has 0 aliphatic heterocycles. The van der Waals surface area contributed by atoms with Crippen LogP contribution in [0.5, 0.6) is 0 Å². The summed E-state index contributed by atoms with van der Waals surface area (Å²) in [7, 11) is 0. The van der Waals surface area contributed by atoms with Crippen molar-refractivity contribution in [2.24, 2.45) is 0 Å². The van der Waals surface area contributed by atoms with Gasteiger partial charge in [-0.2, -0.15) is 0 Å². The Bertz CT molecular complexity index is 463. The normalized spacial score (nSPS) is 11.2. The molecule has 0 aromatic carbocycles. The summed E-state index contributed by atoms with van der Waals surface area (Å²) in [6.07, 6.45) is 0.980. The van der Waals surface area contributed by atoms with Crippen molar-refractivity contribution >= 4 is 44.6 Å². The molecule has 0 aliphatic rings. The zero-order chi connectivity index (χ0) is 13.9. The molecule has 0 spiro atoms. The van der Waals surface area contributed by atoms with Crippen LogP contribution in [0.1, 0.15) is 42.9 Å². The third-order valence-electron chi connectivity index (χ3n) is 2.04. The first-order valence-corrected chi connectivity index (χ1v) is 7.15. The van der Waals surface area contributed by atoms with E-state index in [1.165, 1.54) is 11.3 Å². The Morgan fingerprint density at radius 1 is 1.50 bits per heavy atom. The highest BCUT2D eigenvalue weighted by Crippen LogP contribution is 2.36. The van der Waals surface area contributed by atoms with E-state index in [1.54, 1.807) is 20.8 Å². The monoisotopic (exact) mass is 333 g/mol. The highest BCUT2D eigenvalue weighted by Gasteiger charge is 2.20. The first kappa shape index (κ1) is 15.2. The molecule has 1 rings (SSSR count). The number of rotatable bonds is 3. The lowest BCUT2D eigenvalue weighted by Gasteiger charge is -2.19. The van der Waals surface area contributed by atoms with Crippen molar-refractivity contribution in [1.82, 2.24) is 0 Å². The predicted octanol–water partition coefficient (Wildman–Crippen LogP) is 4.23. The molecule has 4 nitrogen and oxygen atoms in total. The Morgan fingerprint density at radius 3 is 2.56 bits per heavy atom. The predicted molar refractivity (Wildman–Crippen MR) is 76.6 cm³/mol. The van der Waals surface area contributed by atoms with E-state index < -0.39 is 11.7 Å². The molecule has 1 heterocycles. The Morgan fingerprint density at radius 2 is 2.11 bits per heavy atom. The molecule has 6 heteroatoms. The second-order valence-corrected chi connectivity index (χ2v) is 6.53. The lowest BCUT2D eigenvalue weighted by atomic mass is 10.2. The van der Waals surface area contributed by atoms with Crippen molar-refractivity contribution in [3.63, 3.8) is 0 Å². The number of anilines is 1. The molecule has 0 radical (unpaired) electrons. The Labute approximate surface area is 119 Å². The Balaban J connectivity index is 2.91. The van der Waals surface area contributed by atoms with Gasteiger partial charge >= 0.3 is 6.09 Å². The number of carbonyl (C=O) groups is 2. The first-order chi connectivity index (χ1) is 8.28. The van der Waals surface area contributed by atoms with E-state index in [1.807, 2.05) is 6.92 Å². The van der Waals surface area contributed by atoms with Crippen molar-refractivity contribution in [1.29, 1.82) is 0 Å². The summed E-state index contributed by atoms with van der Waals surface area (Å²) in [4.78, 5) is 23.1. The number of hydrogen-bond acceptors (Lipinski definition) is 4. The molecule has 0 unspecified atom stereocenters. The third-order valence-corrected chi connectivity index (χ3v) is 4.28.